The van der Waals surface area contributed by atoms with Gasteiger partial charge in [-0.3, -0.25) is 24.2 Å². The first-order valence-electron chi connectivity index (χ1n) is 12.9. The number of nitrogens with zero attached hydrogens (tertiary/aromatic N) is 2. The van der Waals surface area contributed by atoms with Crippen LogP contribution in [-0.4, -0.2) is 47.3 Å². The average Bonchev–Trinajstić information content (AvgIpc) is 2.98. The Labute approximate surface area is 236 Å². The van der Waals surface area contributed by atoms with E-state index >= 15 is 0 Å². The molecule has 3 N–H and O–H groups in total. The van der Waals surface area contributed by atoms with Gasteiger partial charge in [-0.1, -0.05) is 12.1 Å². The molecule has 0 bridgehead atoms. The van der Waals surface area contributed by atoms with Gasteiger partial charge in [0.15, 0.2) is 5.78 Å². The summed E-state index contributed by atoms with van der Waals surface area (Å²) in [7, 11) is 3.18. The molecule has 41 heavy (non-hydrogen) atoms. The molecule has 0 aliphatic heterocycles. The van der Waals surface area contributed by atoms with E-state index in [-0.39, 0.29) is 35.4 Å². The van der Waals surface area contributed by atoms with E-state index in [1.165, 1.54) is 41.1 Å². The number of hydrogen-bond acceptors (Lipinski definition) is 6. The van der Waals surface area contributed by atoms with Crippen LogP contribution >= 0.6 is 0 Å². The summed E-state index contributed by atoms with van der Waals surface area (Å²) in [6.45, 7) is 3.48. The molecule has 0 aliphatic carbocycles. The highest BCUT2D eigenvalue weighted by molar-refractivity contribution is 6.08. The first-order valence-corrected chi connectivity index (χ1v) is 12.9. The summed E-state index contributed by atoms with van der Waals surface area (Å²) in [6, 6.07) is 14.8. The molecule has 0 fully saturated rings. The van der Waals surface area contributed by atoms with Crippen molar-refractivity contribution < 1.29 is 18.8 Å². The van der Waals surface area contributed by atoms with Crippen LogP contribution in [0.25, 0.3) is 11.3 Å². The molecule has 0 unspecified atom stereocenters. The number of aromatic nitrogens is 2. The Bertz CT molecular complexity index is 1680. The van der Waals surface area contributed by atoms with Gasteiger partial charge in [-0.15, -0.1) is 0 Å². The quantitative estimate of drug-likeness (QED) is 0.272. The van der Waals surface area contributed by atoms with E-state index in [2.05, 4.69) is 20.9 Å². The predicted molar refractivity (Wildman–Crippen MR) is 155 cm³/mol. The van der Waals surface area contributed by atoms with Gasteiger partial charge in [-0.25, -0.2) is 4.39 Å². The number of carbonyl (C=O) groups excluding carboxylic acids is 3. The number of ketones is 1. The van der Waals surface area contributed by atoms with Crippen molar-refractivity contribution in [2.24, 2.45) is 0 Å². The summed E-state index contributed by atoms with van der Waals surface area (Å²) in [5, 5.41) is 8.14. The Morgan fingerprint density at radius 3 is 2.39 bits per heavy atom. The zero-order valence-electron chi connectivity index (χ0n) is 23.1. The second-order valence-electron chi connectivity index (χ2n) is 9.50. The number of benzene rings is 2. The molecule has 10 heteroatoms. The SMILES string of the molecule is CNC(=O)c1cccc(-c2ccc(NC(=O)[C@H](C)NC)c(=O)n2Cc2cncc(C(=O)c3ccc(F)cc3)c2)c1C. The molecule has 0 aliphatic rings. The van der Waals surface area contributed by atoms with Gasteiger partial charge in [-0.05, 0) is 80.6 Å². The molecule has 210 valence electrons. The lowest BCUT2D eigenvalue weighted by molar-refractivity contribution is -0.117. The highest BCUT2D eigenvalue weighted by atomic mass is 19.1. The monoisotopic (exact) mass is 555 g/mol. The Morgan fingerprint density at radius 1 is 0.976 bits per heavy atom. The van der Waals surface area contributed by atoms with Gasteiger partial charge in [0.05, 0.1) is 18.3 Å². The molecule has 4 aromatic rings. The number of carbonyl (C=O) groups is 3. The van der Waals surface area contributed by atoms with Crippen LogP contribution in [0, 0.1) is 12.7 Å². The third-order valence-electron chi connectivity index (χ3n) is 6.84. The zero-order valence-corrected chi connectivity index (χ0v) is 23.1. The second-order valence-corrected chi connectivity index (χ2v) is 9.50. The van der Waals surface area contributed by atoms with Crippen molar-refractivity contribution >= 4 is 23.3 Å². The zero-order chi connectivity index (χ0) is 29.7. The summed E-state index contributed by atoms with van der Waals surface area (Å²) >= 11 is 0. The Morgan fingerprint density at radius 2 is 1.71 bits per heavy atom. The third-order valence-corrected chi connectivity index (χ3v) is 6.84. The van der Waals surface area contributed by atoms with E-state index in [9.17, 15) is 23.6 Å². The fourth-order valence-electron chi connectivity index (χ4n) is 4.38. The molecule has 2 amide bonds. The average molecular weight is 556 g/mol. The van der Waals surface area contributed by atoms with Gasteiger partial charge < -0.3 is 20.5 Å². The normalized spacial score (nSPS) is 11.5. The molecular formula is C31H30FN5O4. The number of hydrogen-bond donors (Lipinski definition) is 3. The fourth-order valence-corrected chi connectivity index (χ4v) is 4.38. The Kier molecular flexibility index (Phi) is 8.84. The largest absolute Gasteiger partial charge is 0.355 e. The van der Waals surface area contributed by atoms with Crippen molar-refractivity contribution in [3.05, 3.63) is 117 Å². The van der Waals surface area contributed by atoms with E-state index in [4.69, 9.17) is 0 Å². The number of rotatable bonds is 9. The van der Waals surface area contributed by atoms with Crippen LogP contribution in [0.3, 0.4) is 0 Å². The van der Waals surface area contributed by atoms with Crippen molar-refractivity contribution in [3.8, 4) is 11.3 Å². The molecule has 0 spiro atoms. The lowest BCUT2D eigenvalue weighted by atomic mass is 9.98. The van der Waals surface area contributed by atoms with Crippen LogP contribution in [-0.2, 0) is 11.3 Å². The smallest absolute Gasteiger partial charge is 0.275 e. The molecule has 9 nitrogen and oxygen atoms in total. The Balaban J connectivity index is 1.82. The standard InChI is InChI=1S/C31H30FN5O4/c1-18-24(6-5-7-25(18)30(40)34-4)27-13-12-26(36-29(39)19(2)33-3)31(41)37(27)17-20-14-22(16-35-15-20)28(38)21-8-10-23(32)11-9-21/h5-16,19,33H,17H2,1-4H3,(H,34,40)(H,36,39)/t19-/m0/s1. The number of likely N-dealkylation sites (N-methyl/N-ethyl adjacent to an activating group) is 1. The van der Waals surface area contributed by atoms with Crippen molar-refractivity contribution in [2.45, 2.75) is 26.4 Å². The first kappa shape index (κ1) is 29.0. The highest BCUT2D eigenvalue weighted by Gasteiger charge is 2.19. The van der Waals surface area contributed by atoms with Crippen LogP contribution in [0.15, 0.2) is 77.9 Å². The minimum Gasteiger partial charge on any atom is -0.355 e. The molecule has 2 heterocycles. The van der Waals surface area contributed by atoms with E-state index in [0.29, 0.717) is 33.5 Å². The van der Waals surface area contributed by atoms with Crippen LogP contribution in [0.1, 0.15) is 44.3 Å². The number of pyridine rings is 2. The lowest BCUT2D eigenvalue weighted by Gasteiger charge is -2.19. The van der Waals surface area contributed by atoms with Crippen molar-refractivity contribution in [3.63, 3.8) is 0 Å². The van der Waals surface area contributed by atoms with Gasteiger partial charge in [-0.2, -0.15) is 0 Å². The summed E-state index contributed by atoms with van der Waals surface area (Å²) in [5.41, 5.74) is 3.00. The van der Waals surface area contributed by atoms with Crippen LogP contribution in [0.5, 0.6) is 0 Å². The topological polar surface area (TPSA) is 122 Å². The van der Waals surface area contributed by atoms with Gasteiger partial charge in [0.1, 0.15) is 11.5 Å². The van der Waals surface area contributed by atoms with Crippen LogP contribution in [0.2, 0.25) is 0 Å². The van der Waals surface area contributed by atoms with Crippen molar-refractivity contribution in [2.75, 3.05) is 19.4 Å². The maximum atomic E-state index is 13.8. The maximum Gasteiger partial charge on any atom is 0.275 e. The number of halogens is 1. The van der Waals surface area contributed by atoms with Gasteiger partial charge in [0.25, 0.3) is 11.5 Å². The van der Waals surface area contributed by atoms with Crippen molar-refractivity contribution in [1.29, 1.82) is 0 Å². The third kappa shape index (κ3) is 6.28. The van der Waals surface area contributed by atoms with E-state index in [0.717, 1.165) is 0 Å². The second kappa shape index (κ2) is 12.5. The number of amides is 2. The molecule has 0 saturated heterocycles. The predicted octanol–water partition coefficient (Wildman–Crippen LogP) is 3.54. The van der Waals surface area contributed by atoms with Crippen LogP contribution < -0.4 is 21.5 Å². The minimum absolute atomic E-state index is 0.0145. The highest BCUT2D eigenvalue weighted by Crippen LogP contribution is 2.27. The Hall–Kier alpha value is -4.96. The summed E-state index contributed by atoms with van der Waals surface area (Å²) < 4.78 is 14.8. The molecule has 2 aromatic heterocycles. The van der Waals surface area contributed by atoms with E-state index < -0.39 is 17.4 Å². The van der Waals surface area contributed by atoms with E-state index in [1.54, 1.807) is 64.5 Å². The first-order chi connectivity index (χ1) is 19.6. The summed E-state index contributed by atoms with van der Waals surface area (Å²) in [6.07, 6.45) is 2.95. The van der Waals surface area contributed by atoms with Gasteiger partial charge >= 0.3 is 0 Å². The summed E-state index contributed by atoms with van der Waals surface area (Å²) in [5.74, 6) is -1.44. The molecule has 1 atom stereocenters. The molecular weight excluding hydrogens is 525 g/mol. The molecule has 4 rings (SSSR count). The number of anilines is 1. The summed E-state index contributed by atoms with van der Waals surface area (Å²) in [4.78, 5) is 56.1. The minimum atomic E-state index is -0.535. The number of nitrogens with one attached hydrogen (secondary N) is 3. The van der Waals surface area contributed by atoms with Crippen molar-refractivity contribution in [1.82, 2.24) is 20.2 Å². The fraction of sp³-hybridized carbons (Fsp3) is 0.194. The molecule has 0 radical (unpaired) electrons. The molecule has 2 aromatic carbocycles. The van der Waals surface area contributed by atoms with Crippen LogP contribution in [0.4, 0.5) is 10.1 Å². The van der Waals surface area contributed by atoms with Gasteiger partial charge in [0.2, 0.25) is 5.91 Å². The van der Waals surface area contributed by atoms with E-state index in [1.807, 2.05) is 0 Å². The maximum absolute atomic E-state index is 13.8. The molecule has 0 saturated carbocycles. The van der Waals surface area contributed by atoms with Gasteiger partial charge in [0, 0.05) is 41.7 Å². The lowest BCUT2D eigenvalue weighted by Crippen LogP contribution is -2.37.